The van der Waals surface area contributed by atoms with E-state index >= 15 is 0 Å². The van der Waals surface area contributed by atoms with Crippen LogP contribution in [0.5, 0.6) is 0 Å². The van der Waals surface area contributed by atoms with E-state index in [0.717, 1.165) is 0 Å². The normalized spacial score (nSPS) is 13.5. The summed E-state index contributed by atoms with van der Waals surface area (Å²) in [6, 6.07) is 0. The fourth-order valence-corrected chi connectivity index (χ4v) is 0.559. The third kappa shape index (κ3) is 5.94. The fraction of sp³-hybridized carbons (Fsp3) is 1.00. The van der Waals surface area contributed by atoms with Crippen molar-refractivity contribution in [2.24, 2.45) is 11.5 Å². The van der Waals surface area contributed by atoms with Gasteiger partial charge in [-0.05, 0) is 13.0 Å². The Labute approximate surface area is 60.5 Å². The third-order valence-corrected chi connectivity index (χ3v) is 1.04. The van der Waals surface area contributed by atoms with Crippen LogP contribution < -0.4 is 11.5 Å². The van der Waals surface area contributed by atoms with Crippen molar-refractivity contribution < 1.29 is 9.13 Å². The number of alkyl halides is 1. The second kappa shape index (κ2) is 6.92. The van der Waals surface area contributed by atoms with Crippen molar-refractivity contribution in [3.63, 3.8) is 0 Å². The SMILES string of the molecule is NCCOCC(F)CCN. The molecule has 1 unspecified atom stereocenters. The molecule has 62 valence electrons. The molecule has 0 aromatic rings. The summed E-state index contributed by atoms with van der Waals surface area (Å²) in [4.78, 5) is 0. The molecule has 0 bridgehead atoms. The Morgan fingerprint density at radius 2 is 2.00 bits per heavy atom. The quantitative estimate of drug-likeness (QED) is 0.509. The standard InChI is InChI=1S/C6H15FN2O/c7-6(1-2-8)5-10-4-3-9/h6H,1-5,8-9H2. The lowest BCUT2D eigenvalue weighted by Gasteiger charge is -2.05. The second-order valence-electron chi connectivity index (χ2n) is 2.04. The molecule has 10 heavy (non-hydrogen) atoms. The van der Waals surface area contributed by atoms with E-state index in [1.54, 1.807) is 0 Å². The van der Waals surface area contributed by atoms with Crippen LogP contribution >= 0.6 is 0 Å². The van der Waals surface area contributed by atoms with Crippen molar-refractivity contribution in [3.8, 4) is 0 Å². The van der Waals surface area contributed by atoms with Gasteiger partial charge in [-0.15, -0.1) is 0 Å². The summed E-state index contributed by atoms with van der Waals surface area (Å²) in [6.45, 7) is 1.35. The number of hydrogen-bond acceptors (Lipinski definition) is 3. The Hall–Kier alpha value is -0.190. The first-order chi connectivity index (χ1) is 4.81. The Morgan fingerprint density at radius 1 is 1.30 bits per heavy atom. The van der Waals surface area contributed by atoms with E-state index in [9.17, 15) is 4.39 Å². The van der Waals surface area contributed by atoms with Gasteiger partial charge in [0.25, 0.3) is 0 Å². The molecule has 1 atom stereocenters. The van der Waals surface area contributed by atoms with Crippen molar-refractivity contribution in [2.75, 3.05) is 26.3 Å². The van der Waals surface area contributed by atoms with Crippen molar-refractivity contribution in [1.82, 2.24) is 0 Å². The van der Waals surface area contributed by atoms with Crippen LogP contribution in [-0.4, -0.2) is 32.5 Å². The lowest BCUT2D eigenvalue weighted by atomic mass is 10.3. The predicted molar refractivity (Wildman–Crippen MR) is 38.4 cm³/mol. The van der Waals surface area contributed by atoms with Gasteiger partial charge in [0.1, 0.15) is 6.17 Å². The lowest BCUT2D eigenvalue weighted by molar-refractivity contribution is 0.0832. The summed E-state index contributed by atoms with van der Waals surface area (Å²) in [6.07, 6.45) is -0.568. The van der Waals surface area contributed by atoms with Crippen molar-refractivity contribution in [2.45, 2.75) is 12.6 Å². The predicted octanol–water partition coefficient (Wildman–Crippen LogP) is -0.351. The Bertz CT molecular complexity index is 72.8. The maximum absolute atomic E-state index is 12.5. The fourth-order valence-electron chi connectivity index (χ4n) is 0.559. The Kier molecular flexibility index (Phi) is 6.79. The highest BCUT2D eigenvalue weighted by Gasteiger charge is 2.03. The topological polar surface area (TPSA) is 61.3 Å². The minimum Gasteiger partial charge on any atom is -0.377 e. The van der Waals surface area contributed by atoms with Crippen molar-refractivity contribution in [3.05, 3.63) is 0 Å². The van der Waals surface area contributed by atoms with E-state index in [4.69, 9.17) is 16.2 Å². The van der Waals surface area contributed by atoms with Gasteiger partial charge in [0.2, 0.25) is 0 Å². The van der Waals surface area contributed by atoms with Gasteiger partial charge in [-0.1, -0.05) is 0 Å². The van der Waals surface area contributed by atoms with Gasteiger partial charge < -0.3 is 16.2 Å². The highest BCUT2D eigenvalue weighted by atomic mass is 19.1. The molecule has 0 rings (SSSR count). The number of ether oxygens (including phenoxy) is 1. The molecule has 0 radical (unpaired) electrons. The minimum absolute atomic E-state index is 0.119. The monoisotopic (exact) mass is 150 g/mol. The van der Waals surface area contributed by atoms with Gasteiger partial charge in [-0.3, -0.25) is 0 Å². The van der Waals surface area contributed by atoms with Gasteiger partial charge in [0, 0.05) is 6.54 Å². The highest BCUT2D eigenvalue weighted by molar-refractivity contribution is 4.54. The molecule has 4 N–H and O–H groups in total. The zero-order valence-electron chi connectivity index (χ0n) is 6.05. The van der Waals surface area contributed by atoms with Crippen LogP contribution in [-0.2, 0) is 4.74 Å². The zero-order valence-corrected chi connectivity index (χ0v) is 6.05. The van der Waals surface area contributed by atoms with Crippen LogP contribution in [0, 0.1) is 0 Å². The molecule has 0 saturated heterocycles. The van der Waals surface area contributed by atoms with E-state index in [-0.39, 0.29) is 6.61 Å². The molecule has 0 aliphatic carbocycles. The molecular formula is C6H15FN2O. The first kappa shape index (κ1) is 9.81. The summed E-state index contributed by atoms with van der Waals surface area (Å²) >= 11 is 0. The number of rotatable bonds is 6. The zero-order chi connectivity index (χ0) is 7.82. The average molecular weight is 150 g/mol. The van der Waals surface area contributed by atoms with Crippen LogP contribution in [0.3, 0.4) is 0 Å². The van der Waals surface area contributed by atoms with Crippen molar-refractivity contribution >= 4 is 0 Å². The number of halogens is 1. The van der Waals surface area contributed by atoms with Gasteiger partial charge in [-0.25, -0.2) is 4.39 Å². The minimum atomic E-state index is -0.934. The molecule has 0 spiro atoms. The Morgan fingerprint density at radius 3 is 2.50 bits per heavy atom. The molecule has 0 fully saturated rings. The highest BCUT2D eigenvalue weighted by Crippen LogP contribution is 1.95. The molecular weight excluding hydrogens is 135 g/mol. The largest absolute Gasteiger partial charge is 0.377 e. The Balaban J connectivity index is 2.97. The van der Waals surface area contributed by atoms with Gasteiger partial charge in [0.05, 0.1) is 13.2 Å². The van der Waals surface area contributed by atoms with Crippen LogP contribution in [0.1, 0.15) is 6.42 Å². The lowest BCUT2D eigenvalue weighted by Crippen LogP contribution is -2.18. The molecule has 0 aliphatic rings. The van der Waals surface area contributed by atoms with Crippen LogP contribution in [0.4, 0.5) is 4.39 Å². The molecule has 0 aliphatic heterocycles. The smallest absolute Gasteiger partial charge is 0.125 e. The third-order valence-electron chi connectivity index (χ3n) is 1.04. The number of nitrogens with two attached hydrogens (primary N) is 2. The summed E-state index contributed by atoms with van der Waals surface area (Å²) in [5.74, 6) is 0. The summed E-state index contributed by atoms with van der Waals surface area (Å²) in [5.41, 5.74) is 10.2. The van der Waals surface area contributed by atoms with E-state index < -0.39 is 6.17 Å². The van der Waals surface area contributed by atoms with Crippen LogP contribution in [0.15, 0.2) is 0 Å². The molecule has 0 saturated carbocycles. The van der Waals surface area contributed by atoms with E-state index in [1.807, 2.05) is 0 Å². The summed E-state index contributed by atoms with van der Waals surface area (Å²) < 4.78 is 17.3. The molecule has 0 amide bonds. The average Bonchev–Trinajstić information content (AvgIpc) is 1.89. The van der Waals surface area contributed by atoms with Crippen LogP contribution in [0.25, 0.3) is 0 Å². The number of hydrogen-bond donors (Lipinski definition) is 2. The first-order valence-electron chi connectivity index (χ1n) is 3.43. The summed E-state index contributed by atoms with van der Waals surface area (Å²) in [7, 11) is 0. The maximum Gasteiger partial charge on any atom is 0.125 e. The molecule has 0 aromatic carbocycles. The second-order valence-corrected chi connectivity index (χ2v) is 2.04. The summed E-state index contributed by atoms with van der Waals surface area (Å²) in [5, 5.41) is 0. The van der Waals surface area contributed by atoms with E-state index in [2.05, 4.69) is 0 Å². The maximum atomic E-state index is 12.5. The van der Waals surface area contributed by atoms with Gasteiger partial charge >= 0.3 is 0 Å². The van der Waals surface area contributed by atoms with Crippen molar-refractivity contribution in [1.29, 1.82) is 0 Å². The van der Waals surface area contributed by atoms with Gasteiger partial charge in [0.15, 0.2) is 0 Å². The van der Waals surface area contributed by atoms with Crippen LogP contribution in [0.2, 0.25) is 0 Å². The van der Waals surface area contributed by atoms with E-state index in [0.29, 0.717) is 26.1 Å². The van der Waals surface area contributed by atoms with Gasteiger partial charge in [-0.2, -0.15) is 0 Å². The molecule has 4 heteroatoms. The molecule has 0 aromatic heterocycles. The molecule has 3 nitrogen and oxygen atoms in total. The molecule has 0 heterocycles. The van der Waals surface area contributed by atoms with E-state index in [1.165, 1.54) is 0 Å². The first-order valence-corrected chi connectivity index (χ1v) is 3.43.